The van der Waals surface area contributed by atoms with E-state index in [-0.39, 0.29) is 0 Å². The fourth-order valence-electron chi connectivity index (χ4n) is 2.67. The molecule has 2 rings (SSSR count). The monoisotopic (exact) mass is 214 g/mol. The molecule has 4 heteroatoms. The third-order valence-electron chi connectivity index (χ3n) is 3.41. The molecule has 0 aliphatic carbocycles. The standard InChI is InChI=1S/C10H20N2O.CH2O/c13-8-10-2-1-7-12(10)9-3-5-11-6-4-9;1-2/h9-11,13H,1-8H2;1H2. The zero-order chi connectivity index (χ0) is 11.1. The number of rotatable bonds is 2. The quantitative estimate of drug-likeness (QED) is 0.680. The summed E-state index contributed by atoms with van der Waals surface area (Å²) in [5.41, 5.74) is 0. The molecule has 0 aromatic rings. The van der Waals surface area contributed by atoms with E-state index in [1.54, 1.807) is 0 Å². The van der Waals surface area contributed by atoms with E-state index < -0.39 is 0 Å². The fraction of sp³-hybridized carbons (Fsp3) is 0.909. The molecule has 0 spiro atoms. The van der Waals surface area contributed by atoms with Gasteiger partial charge >= 0.3 is 0 Å². The highest BCUT2D eigenvalue weighted by Crippen LogP contribution is 2.23. The highest BCUT2D eigenvalue weighted by atomic mass is 16.3. The van der Waals surface area contributed by atoms with E-state index in [4.69, 9.17) is 4.79 Å². The maximum absolute atomic E-state index is 9.21. The van der Waals surface area contributed by atoms with E-state index in [1.807, 2.05) is 6.79 Å². The van der Waals surface area contributed by atoms with Gasteiger partial charge in [-0.15, -0.1) is 0 Å². The van der Waals surface area contributed by atoms with Gasteiger partial charge in [0.15, 0.2) is 0 Å². The number of aliphatic hydroxyl groups excluding tert-OH is 1. The predicted octanol–water partition coefficient (Wildman–Crippen LogP) is 0.0102. The van der Waals surface area contributed by atoms with Crippen LogP contribution < -0.4 is 5.32 Å². The number of carbonyl (C=O) groups is 1. The summed E-state index contributed by atoms with van der Waals surface area (Å²) in [6.07, 6.45) is 4.99. The Bertz CT molecular complexity index is 172. The molecular formula is C11H22N2O2. The Morgan fingerprint density at radius 3 is 2.53 bits per heavy atom. The Balaban J connectivity index is 0.000000531. The summed E-state index contributed by atoms with van der Waals surface area (Å²) in [6, 6.07) is 1.20. The smallest absolute Gasteiger partial charge is 0.106 e. The van der Waals surface area contributed by atoms with Crippen molar-refractivity contribution in [1.82, 2.24) is 10.2 Å². The Morgan fingerprint density at radius 1 is 1.27 bits per heavy atom. The van der Waals surface area contributed by atoms with Crippen molar-refractivity contribution in [3.05, 3.63) is 0 Å². The largest absolute Gasteiger partial charge is 0.395 e. The van der Waals surface area contributed by atoms with Gasteiger partial charge in [-0.3, -0.25) is 4.90 Å². The molecule has 2 aliphatic heterocycles. The molecule has 0 aromatic heterocycles. The van der Waals surface area contributed by atoms with Crippen molar-refractivity contribution in [1.29, 1.82) is 0 Å². The van der Waals surface area contributed by atoms with Crippen LogP contribution in [0, 0.1) is 0 Å². The van der Waals surface area contributed by atoms with E-state index in [0.717, 1.165) is 19.1 Å². The molecule has 1 unspecified atom stereocenters. The number of likely N-dealkylation sites (tertiary alicyclic amines) is 1. The zero-order valence-corrected chi connectivity index (χ0v) is 9.32. The van der Waals surface area contributed by atoms with Gasteiger partial charge in [-0.05, 0) is 45.3 Å². The molecule has 4 nitrogen and oxygen atoms in total. The average molecular weight is 214 g/mol. The van der Waals surface area contributed by atoms with Crippen LogP contribution in [0.5, 0.6) is 0 Å². The lowest BCUT2D eigenvalue weighted by Crippen LogP contribution is -2.46. The summed E-state index contributed by atoms with van der Waals surface area (Å²) < 4.78 is 0. The molecule has 2 aliphatic rings. The van der Waals surface area contributed by atoms with Crippen LogP contribution in [-0.2, 0) is 4.79 Å². The van der Waals surface area contributed by atoms with E-state index in [1.165, 1.54) is 32.2 Å². The first-order valence-corrected chi connectivity index (χ1v) is 5.78. The minimum Gasteiger partial charge on any atom is -0.395 e. The Morgan fingerprint density at radius 2 is 1.93 bits per heavy atom. The molecule has 0 saturated carbocycles. The Labute approximate surface area is 91.6 Å². The number of nitrogens with zero attached hydrogens (tertiary/aromatic N) is 1. The number of aliphatic hydroxyl groups is 1. The summed E-state index contributed by atoms with van der Waals surface area (Å²) in [7, 11) is 0. The second kappa shape index (κ2) is 6.93. The number of piperidine rings is 1. The van der Waals surface area contributed by atoms with E-state index in [9.17, 15) is 5.11 Å². The van der Waals surface area contributed by atoms with Crippen LogP contribution in [0.25, 0.3) is 0 Å². The van der Waals surface area contributed by atoms with Gasteiger partial charge in [0.1, 0.15) is 6.79 Å². The lowest BCUT2D eigenvalue weighted by Gasteiger charge is -2.35. The molecule has 2 saturated heterocycles. The molecule has 88 valence electrons. The summed E-state index contributed by atoms with van der Waals surface area (Å²) in [4.78, 5) is 10.5. The topological polar surface area (TPSA) is 52.6 Å². The number of hydrogen-bond donors (Lipinski definition) is 2. The molecule has 0 amide bonds. The highest BCUT2D eigenvalue weighted by Gasteiger charge is 2.30. The minimum atomic E-state index is 0.351. The van der Waals surface area contributed by atoms with Crippen LogP contribution in [-0.4, -0.2) is 55.1 Å². The van der Waals surface area contributed by atoms with E-state index in [0.29, 0.717) is 12.6 Å². The zero-order valence-electron chi connectivity index (χ0n) is 9.32. The Kier molecular flexibility index (Phi) is 5.83. The van der Waals surface area contributed by atoms with Crippen molar-refractivity contribution >= 4 is 6.79 Å². The van der Waals surface area contributed by atoms with Crippen LogP contribution in [0.1, 0.15) is 25.7 Å². The molecule has 0 bridgehead atoms. The average Bonchev–Trinajstić information content (AvgIpc) is 2.81. The first kappa shape index (κ1) is 12.6. The summed E-state index contributed by atoms with van der Waals surface area (Å²) >= 11 is 0. The van der Waals surface area contributed by atoms with E-state index >= 15 is 0 Å². The van der Waals surface area contributed by atoms with Gasteiger partial charge < -0.3 is 15.2 Å². The Hall–Kier alpha value is -0.450. The third-order valence-corrected chi connectivity index (χ3v) is 3.41. The number of hydrogen-bond acceptors (Lipinski definition) is 4. The summed E-state index contributed by atoms with van der Waals surface area (Å²) in [5.74, 6) is 0. The first-order chi connectivity index (χ1) is 7.42. The van der Waals surface area contributed by atoms with Crippen LogP contribution in [0.15, 0.2) is 0 Å². The first-order valence-electron chi connectivity index (χ1n) is 5.78. The van der Waals surface area contributed by atoms with Gasteiger partial charge in [-0.1, -0.05) is 0 Å². The molecule has 2 N–H and O–H groups in total. The van der Waals surface area contributed by atoms with Crippen LogP contribution in [0.3, 0.4) is 0 Å². The fourth-order valence-corrected chi connectivity index (χ4v) is 2.67. The molecule has 0 radical (unpaired) electrons. The van der Waals surface area contributed by atoms with Crippen molar-refractivity contribution in [2.45, 2.75) is 37.8 Å². The van der Waals surface area contributed by atoms with Crippen molar-refractivity contribution in [2.75, 3.05) is 26.2 Å². The molecule has 0 aromatic carbocycles. The maximum atomic E-state index is 9.21. The normalized spacial score (nSPS) is 28.5. The molecule has 15 heavy (non-hydrogen) atoms. The van der Waals surface area contributed by atoms with Gasteiger partial charge in [0.2, 0.25) is 0 Å². The van der Waals surface area contributed by atoms with Gasteiger partial charge in [-0.25, -0.2) is 0 Å². The molecule has 1 atom stereocenters. The van der Waals surface area contributed by atoms with Gasteiger partial charge in [0.05, 0.1) is 6.61 Å². The summed E-state index contributed by atoms with van der Waals surface area (Å²) in [6.45, 7) is 5.86. The van der Waals surface area contributed by atoms with Crippen LogP contribution >= 0.6 is 0 Å². The molecule has 2 heterocycles. The number of carbonyl (C=O) groups excluding carboxylic acids is 1. The predicted molar refractivity (Wildman–Crippen MR) is 59.8 cm³/mol. The molecule has 2 fully saturated rings. The van der Waals surface area contributed by atoms with Crippen molar-refractivity contribution < 1.29 is 9.90 Å². The van der Waals surface area contributed by atoms with Crippen LogP contribution in [0.4, 0.5) is 0 Å². The lowest BCUT2D eigenvalue weighted by atomic mass is 10.0. The van der Waals surface area contributed by atoms with Gasteiger partial charge in [-0.2, -0.15) is 0 Å². The van der Waals surface area contributed by atoms with Gasteiger partial charge in [0.25, 0.3) is 0 Å². The maximum Gasteiger partial charge on any atom is 0.106 e. The van der Waals surface area contributed by atoms with Crippen LogP contribution in [0.2, 0.25) is 0 Å². The number of nitrogens with one attached hydrogen (secondary N) is 1. The lowest BCUT2D eigenvalue weighted by molar-refractivity contribution is -0.0979. The van der Waals surface area contributed by atoms with Crippen molar-refractivity contribution in [3.8, 4) is 0 Å². The summed E-state index contributed by atoms with van der Waals surface area (Å²) in [5, 5.41) is 12.6. The molecular weight excluding hydrogens is 192 g/mol. The third kappa shape index (κ3) is 3.26. The van der Waals surface area contributed by atoms with Gasteiger partial charge in [0, 0.05) is 12.1 Å². The highest BCUT2D eigenvalue weighted by molar-refractivity contribution is 5.11. The minimum absolute atomic E-state index is 0.351. The van der Waals surface area contributed by atoms with Crippen molar-refractivity contribution in [2.24, 2.45) is 0 Å². The SMILES string of the molecule is C=O.OCC1CCCN1C1CCNCC1. The second-order valence-corrected chi connectivity index (χ2v) is 4.20. The van der Waals surface area contributed by atoms with E-state index in [2.05, 4.69) is 10.2 Å². The van der Waals surface area contributed by atoms with Crippen molar-refractivity contribution in [3.63, 3.8) is 0 Å². The second-order valence-electron chi connectivity index (χ2n) is 4.20.